The Hall–Kier alpha value is -1.02. The first-order chi connectivity index (χ1) is 10.1. The number of ether oxygens (including phenoxy) is 1. The van der Waals surface area contributed by atoms with Crippen LogP contribution >= 0.6 is 0 Å². The molecular formula is C19H28O2. The van der Waals surface area contributed by atoms with Crippen molar-refractivity contribution >= 4 is 0 Å². The minimum Gasteiger partial charge on any atom is -0.487 e. The molecule has 1 aromatic carbocycles. The topological polar surface area (TPSA) is 29.5 Å². The molecule has 1 heterocycles. The average molecular weight is 288 g/mol. The van der Waals surface area contributed by atoms with Crippen LogP contribution < -0.4 is 4.74 Å². The molecule has 1 aliphatic carbocycles. The van der Waals surface area contributed by atoms with Crippen molar-refractivity contribution in [2.75, 3.05) is 0 Å². The third-order valence-electron chi connectivity index (χ3n) is 5.37. The molecule has 1 saturated carbocycles. The molecule has 0 radical (unpaired) electrons. The Balaban J connectivity index is 1.79. The van der Waals surface area contributed by atoms with Gasteiger partial charge in [0, 0.05) is 12.0 Å². The van der Waals surface area contributed by atoms with Crippen LogP contribution in [0.1, 0.15) is 75.5 Å². The molecule has 3 atom stereocenters. The molecule has 1 spiro atoms. The van der Waals surface area contributed by atoms with E-state index in [-0.39, 0.29) is 11.7 Å². The SMILES string of the molecule is CCCC1CCCC2(CC1)C[C@@H](O)c1cc(C)ccc1O2. The van der Waals surface area contributed by atoms with E-state index in [2.05, 4.69) is 26.0 Å². The number of aliphatic hydroxyl groups is 1. The first-order valence-corrected chi connectivity index (χ1v) is 8.59. The highest BCUT2D eigenvalue weighted by atomic mass is 16.5. The van der Waals surface area contributed by atoms with Crippen LogP contribution in [0.4, 0.5) is 0 Å². The summed E-state index contributed by atoms with van der Waals surface area (Å²) in [7, 11) is 0. The van der Waals surface area contributed by atoms with E-state index in [1.165, 1.54) is 37.7 Å². The maximum atomic E-state index is 10.6. The second-order valence-corrected chi connectivity index (χ2v) is 7.13. The summed E-state index contributed by atoms with van der Waals surface area (Å²) in [6.07, 6.45) is 9.03. The predicted molar refractivity (Wildman–Crippen MR) is 85.6 cm³/mol. The number of hydrogen-bond donors (Lipinski definition) is 1. The number of aryl methyl sites for hydroxylation is 1. The molecule has 1 aromatic rings. The summed E-state index contributed by atoms with van der Waals surface area (Å²) >= 11 is 0. The van der Waals surface area contributed by atoms with E-state index in [9.17, 15) is 5.11 Å². The highest BCUT2D eigenvalue weighted by Gasteiger charge is 2.41. The predicted octanol–water partition coefficient (Wildman–Crippen LogP) is 4.93. The number of rotatable bonds is 2. The fourth-order valence-electron chi connectivity index (χ4n) is 4.21. The fraction of sp³-hybridized carbons (Fsp3) is 0.684. The Labute approximate surface area is 128 Å². The van der Waals surface area contributed by atoms with Gasteiger partial charge in [-0.25, -0.2) is 0 Å². The van der Waals surface area contributed by atoms with Crippen molar-refractivity contribution in [2.45, 2.75) is 76.9 Å². The number of benzene rings is 1. The van der Waals surface area contributed by atoms with Gasteiger partial charge in [0.2, 0.25) is 0 Å². The molecule has 1 fully saturated rings. The summed E-state index contributed by atoms with van der Waals surface area (Å²) < 4.78 is 6.43. The lowest BCUT2D eigenvalue weighted by Crippen LogP contribution is -2.40. The lowest BCUT2D eigenvalue weighted by molar-refractivity contribution is -0.0251. The zero-order chi connectivity index (χ0) is 14.9. The van der Waals surface area contributed by atoms with Crippen molar-refractivity contribution in [1.82, 2.24) is 0 Å². The Bertz CT molecular complexity index is 496. The van der Waals surface area contributed by atoms with Crippen molar-refractivity contribution < 1.29 is 9.84 Å². The quantitative estimate of drug-likeness (QED) is 0.836. The van der Waals surface area contributed by atoms with Gasteiger partial charge in [0.25, 0.3) is 0 Å². The fourth-order valence-corrected chi connectivity index (χ4v) is 4.21. The molecular weight excluding hydrogens is 260 g/mol. The van der Waals surface area contributed by atoms with Gasteiger partial charge in [-0.15, -0.1) is 0 Å². The Morgan fingerprint density at radius 3 is 2.95 bits per heavy atom. The molecule has 0 amide bonds. The molecule has 2 heteroatoms. The molecule has 2 nitrogen and oxygen atoms in total. The van der Waals surface area contributed by atoms with Crippen molar-refractivity contribution in [3.05, 3.63) is 29.3 Å². The summed E-state index contributed by atoms with van der Waals surface area (Å²) in [5, 5.41) is 10.6. The Morgan fingerprint density at radius 1 is 1.29 bits per heavy atom. The monoisotopic (exact) mass is 288 g/mol. The molecule has 21 heavy (non-hydrogen) atoms. The third-order valence-corrected chi connectivity index (χ3v) is 5.37. The van der Waals surface area contributed by atoms with Gasteiger partial charge in [-0.3, -0.25) is 0 Å². The standard InChI is InChI=1S/C19H28O2/c1-3-5-15-6-4-10-19(11-9-15)13-17(20)16-12-14(2)7-8-18(16)21-19/h7-8,12,15,17,20H,3-6,9-11,13H2,1-2H3/t15?,17-,19?/m1/s1. The molecule has 1 aliphatic heterocycles. The van der Waals surface area contributed by atoms with E-state index in [0.717, 1.165) is 36.5 Å². The number of hydrogen-bond acceptors (Lipinski definition) is 2. The van der Waals surface area contributed by atoms with Gasteiger partial charge in [0.1, 0.15) is 11.4 Å². The van der Waals surface area contributed by atoms with Crippen LogP contribution in [0.15, 0.2) is 18.2 Å². The minimum atomic E-state index is -0.364. The number of fused-ring (bicyclic) bond motifs is 1. The second kappa shape index (κ2) is 6.00. The molecule has 0 saturated heterocycles. The molecule has 0 aromatic heterocycles. The van der Waals surface area contributed by atoms with E-state index in [4.69, 9.17) is 4.74 Å². The molecule has 2 aliphatic rings. The molecule has 2 unspecified atom stereocenters. The normalized spacial score (nSPS) is 32.3. The second-order valence-electron chi connectivity index (χ2n) is 7.13. The number of aliphatic hydroxyl groups excluding tert-OH is 1. The van der Waals surface area contributed by atoms with Crippen molar-refractivity contribution in [2.24, 2.45) is 5.92 Å². The first-order valence-electron chi connectivity index (χ1n) is 8.59. The largest absolute Gasteiger partial charge is 0.487 e. The zero-order valence-electron chi connectivity index (χ0n) is 13.4. The van der Waals surface area contributed by atoms with Gasteiger partial charge in [-0.05, 0) is 50.7 Å². The van der Waals surface area contributed by atoms with Crippen LogP contribution in [0.3, 0.4) is 0 Å². The summed E-state index contributed by atoms with van der Waals surface area (Å²) in [4.78, 5) is 0. The van der Waals surface area contributed by atoms with E-state index >= 15 is 0 Å². The minimum absolute atomic E-state index is 0.121. The third kappa shape index (κ3) is 3.11. The van der Waals surface area contributed by atoms with E-state index in [0.29, 0.717) is 0 Å². The van der Waals surface area contributed by atoms with Crippen molar-refractivity contribution in [1.29, 1.82) is 0 Å². The maximum absolute atomic E-state index is 10.6. The van der Waals surface area contributed by atoms with Crippen LogP contribution in [0.2, 0.25) is 0 Å². The summed E-state index contributed by atoms with van der Waals surface area (Å²) in [5.41, 5.74) is 2.05. The highest BCUT2D eigenvalue weighted by Crippen LogP contribution is 2.46. The van der Waals surface area contributed by atoms with Crippen LogP contribution in [0.25, 0.3) is 0 Å². The molecule has 3 rings (SSSR count). The smallest absolute Gasteiger partial charge is 0.125 e. The van der Waals surface area contributed by atoms with E-state index in [1.54, 1.807) is 0 Å². The average Bonchev–Trinajstić information content (AvgIpc) is 2.64. The lowest BCUT2D eigenvalue weighted by atomic mass is 9.82. The Morgan fingerprint density at radius 2 is 2.14 bits per heavy atom. The Kier molecular flexibility index (Phi) is 4.26. The molecule has 0 bridgehead atoms. The summed E-state index contributed by atoms with van der Waals surface area (Å²) in [6.45, 7) is 4.35. The first kappa shape index (κ1) is 14.9. The van der Waals surface area contributed by atoms with Gasteiger partial charge in [0.15, 0.2) is 0 Å². The van der Waals surface area contributed by atoms with Crippen LogP contribution in [0, 0.1) is 12.8 Å². The van der Waals surface area contributed by atoms with Crippen molar-refractivity contribution in [3.8, 4) is 5.75 Å². The highest BCUT2D eigenvalue weighted by molar-refractivity contribution is 5.40. The molecule has 1 N–H and O–H groups in total. The van der Waals surface area contributed by atoms with Crippen LogP contribution in [-0.2, 0) is 0 Å². The van der Waals surface area contributed by atoms with Gasteiger partial charge in [-0.1, -0.05) is 37.8 Å². The van der Waals surface area contributed by atoms with Crippen LogP contribution in [0.5, 0.6) is 5.75 Å². The maximum Gasteiger partial charge on any atom is 0.125 e. The van der Waals surface area contributed by atoms with Gasteiger partial charge < -0.3 is 9.84 Å². The van der Waals surface area contributed by atoms with Gasteiger partial charge >= 0.3 is 0 Å². The lowest BCUT2D eigenvalue weighted by Gasteiger charge is -2.40. The van der Waals surface area contributed by atoms with E-state index in [1.807, 2.05) is 6.07 Å². The van der Waals surface area contributed by atoms with Gasteiger partial charge in [0.05, 0.1) is 6.10 Å². The summed E-state index contributed by atoms with van der Waals surface area (Å²) in [5.74, 6) is 1.77. The summed E-state index contributed by atoms with van der Waals surface area (Å²) in [6, 6.07) is 6.20. The van der Waals surface area contributed by atoms with Gasteiger partial charge in [-0.2, -0.15) is 0 Å². The molecule has 116 valence electrons. The van der Waals surface area contributed by atoms with Crippen molar-refractivity contribution in [3.63, 3.8) is 0 Å². The zero-order valence-corrected chi connectivity index (χ0v) is 13.4. The van der Waals surface area contributed by atoms with Crippen LogP contribution in [-0.4, -0.2) is 10.7 Å². The van der Waals surface area contributed by atoms with E-state index < -0.39 is 0 Å².